The van der Waals surface area contributed by atoms with Gasteiger partial charge in [0.15, 0.2) is 25.3 Å². The molecular formula is C7H2BF5. The van der Waals surface area contributed by atoms with Crippen molar-refractivity contribution in [2.45, 2.75) is 5.82 Å². The van der Waals surface area contributed by atoms with Crippen LogP contribution in [0.15, 0.2) is 12.1 Å². The molecule has 0 aliphatic heterocycles. The Kier molecular flexibility index (Phi) is 2.32. The van der Waals surface area contributed by atoms with E-state index in [0.717, 1.165) is 0 Å². The summed E-state index contributed by atoms with van der Waals surface area (Å²) in [5, 5.41) is 0. The van der Waals surface area contributed by atoms with Crippen LogP contribution in [-0.2, 0) is 5.82 Å². The van der Waals surface area contributed by atoms with E-state index in [4.69, 9.17) is 0 Å². The van der Waals surface area contributed by atoms with E-state index < -0.39 is 28.8 Å². The number of hydrogen-bond donors (Lipinski definition) is 0. The molecule has 0 spiro atoms. The molecule has 0 bridgehead atoms. The highest BCUT2D eigenvalue weighted by Gasteiger charge is 2.30. The third-order valence-corrected chi connectivity index (χ3v) is 1.39. The monoisotopic (exact) mass is 192 g/mol. The fourth-order valence-electron chi connectivity index (χ4n) is 0.783. The van der Waals surface area contributed by atoms with Gasteiger partial charge in [-0.25, -0.2) is 22.0 Å². The van der Waals surface area contributed by atoms with Crippen LogP contribution in [0.3, 0.4) is 0 Å². The third-order valence-electron chi connectivity index (χ3n) is 1.39. The molecule has 0 saturated carbocycles. The van der Waals surface area contributed by atoms with E-state index in [9.17, 15) is 22.0 Å². The average Bonchev–Trinajstić information content (AvgIpc) is 1.98. The van der Waals surface area contributed by atoms with E-state index in [-0.39, 0.29) is 0 Å². The smallest absolute Gasteiger partial charge is 0.214 e. The van der Waals surface area contributed by atoms with Gasteiger partial charge in [0.2, 0.25) is 5.82 Å². The quantitative estimate of drug-likeness (QED) is 0.363. The fraction of sp³-hybridized carbons (Fsp3) is 0.143. The van der Waals surface area contributed by atoms with Crippen molar-refractivity contribution in [1.29, 1.82) is 0 Å². The zero-order valence-electron chi connectivity index (χ0n) is 6.12. The van der Waals surface area contributed by atoms with Crippen LogP contribution in [0, 0.1) is 17.5 Å². The number of hydrogen-bond acceptors (Lipinski definition) is 0. The van der Waals surface area contributed by atoms with Crippen molar-refractivity contribution in [1.82, 2.24) is 0 Å². The summed E-state index contributed by atoms with van der Waals surface area (Å²) in [6.45, 7) is 0. The molecule has 1 rings (SSSR count). The molecular weight excluding hydrogens is 190 g/mol. The van der Waals surface area contributed by atoms with Gasteiger partial charge in [0, 0.05) is 5.56 Å². The zero-order chi connectivity index (χ0) is 10.2. The van der Waals surface area contributed by atoms with Crippen LogP contribution in [0.2, 0.25) is 0 Å². The molecule has 0 aliphatic rings. The minimum atomic E-state index is -4.02. The predicted octanol–water partition coefficient (Wildman–Crippen LogP) is 2.32. The van der Waals surface area contributed by atoms with Gasteiger partial charge in [0.1, 0.15) is 0 Å². The summed E-state index contributed by atoms with van der Waals surface area (Å²) in [6, 6.07) is 0.780. The van der Waals surface area contributed by atoms with Crippen molar-refractivity contribution >= 4 is 7.85 Å². The summed E-state index contributed by atoms with van der Waals surface area (Å²) in [5.74, 6) is -9.47. The first-order chi connectivity index (χ1) is 5.84. The van der Waals surface area contributed by atoms with Crippen molar-refractivity contribution in [3.05, 3.63) is 35.1 Å². The lowest BCUT2D eigenvalue weighted by atomic mass is 9.90. The summed E-state index contributed by atoms with van der Waals surface area (Å²) >= 11 is 0. The molecule has 0 fully saturated rings. The highest BCUT2D eigenvalue weighted by Crippen LogP contribution is 2.28. The van der Waals surface area contributed by atoms with Gasteiger partial charge in [0.25, 0.3) is 0 Å². The van der Waals surface area contributed by atoms with Crippen LogP contribution in [0.4, 0.5) is 22.0 Å². The summed E-state index contributed by atoms with van der Waals surface area (Å²) < 4.78 is 61.8. The standard InChI is InChI=1S/C7H2BF5/c8-7(12,13)3-1-2-4(9)6(11)5(3)10/h1-2H. The second-order valence-electron chi connectivity index (χ2n) is 2.35. The van der Waals surface area contributed by atoms with Crippen LogP contribution in [0.5, 0.6) is 0 Å². The van der Waals surface area contributed by atoms with Crippen molar-refractivity contribution in [2.75, 3.05) is 0 Å². The molecule has 0 aromatic heterocycles. The molecule has 0 nitrogen and oxygen atoms in total. The lowest BCUT2D eigenvalue weighted by Crippen LogP contribution is -2.16. The maximum Gasteiger partial charge on any atom is 0.227 e. The Morgan fingerprint density at radius 3 is 2.00 bits per heavy atom. The van der Waals surface area contributed by atoms with Crippen LogP contribution in [0.25, 0.3) is 0 Å². The van der Waals surface area contributed by atoms with Gasteiger partial charge in [-0.1, -0.05) is 0 Å². The molecule has 6 heteroatoms. The highest BCUT2D eigenvalue weighted by atomic mass is 19.3. The number of benzene rings is 1. The minimum absolute atomic E-state index is 0.383. The number of rotatable bonds is 1. The molecule has 0 unspecified atom stereocenters. The fourth-order valence-corrected chi connectivity index (χ4v) is 0.783. The molecule has 0 heterocycles. The summed E-state index contributed by atoms with van der Waals surface area (Å²) in [6.07, 6.45) is 0. The summed E-state index contributed by atoms with van der Waals surface area (Å²) in [7, 11) is 4.21. The largest absolute Gasteiger partial charge is 0.227 e. The van der Waals surface area contributed by atoms with Gasteiger partial charge in [0.05, 0.1) is 0 Å². The van der Waals surface area contributed by atoms with Crippen LogP contribution < -0.4 is 0 Å². The first kappa shape index (κ1) is 10.0. The van der Waals surface area contributed by atoms with Crippen molar-refractivity contribution < 1.29 is 22.0 Å². The lowest BCUT2D eigenvalue weighted by Gasteiger charge is -2.12. The molecule has 1 aromatic rings. The Morgan fingerprint density at radius 1 is 1.00 bits per heavy atom. The van der Waals surface area contributed by atoms with Crippen molar-refractivity contribution in [3.63, 3.8) is 0 Å². The molecule has 0 saturated heterocycles. The van der Waals surface area contributed by atoms with E-state index in [1.54, 1.807) is 0 Å². The van der Waals surface area contributed by atoms with E-state index in [1.165, 1.54) is 0 Å². The minimum Gasteiger partial charge on any atom is -0.214 e. The molecule has 0 aliphatic carbocycles. The predicted molar refractivity (Wildman–Crippen MR) is 36.0 cm³/mol. The molecule has 0 N–H and O–H groups in total. The van der Waals surface area contributed by atoms with Gasteiger partial charge in [-0.2, -0.15) is 0 Å². The second kappa shape index (κ2) is 3.01. The molecule has 2 radical (unpaired) electrons. The van der Waals surface area contributed by atoms with Gasteiger partial charge in [-0.3, -0.25) is 0 Å². The SMILES string of the molecule is [B]C(F)(F)c1ccc(F)c(F)c1F. The Balaban J connectivity index is 3.35. The highest BCUT2D eigenvalue weighted by molar-refractivity contribution is 6.13. The van der Waals surface area contributed by atoms with Crippen LogP contribution in [-0.4, -0.2) is 7.85 Å². The summed E-state index contributed by atoms with van der Waals surface area (Å²) in [4.78, 5) is 0. The number of alkyl halides is 2. The van der Waals surface area contributed by atoms with Gasteiger partial charge < -0.3 is 0 Å². The van der Waals surface area contributed by atoms with Crippen LogP contribution >= 0.6 is 0 Å². The Hall–Kier alpha value is -1.07. The van der Waals surface area contributed by atoms with E-state index >= 15 is 0 Å². The zero-order valence-corrected chi connectivity index (χ0v) is 6.12. The van der Waals surface area contributed by atoms with E-state index in [1.807, 2.05) is 0 Å². The van der Waals surface area contributed by atoms with Gasteiger partial charge in [-0.05, 0) is 12.1 Å². The first-order valence-electron chi connectivity index (χ1n) is 3.14. The summed E-state index contributed by atoms with van der Waals surface area (Å²) in [5.41, 5.74) is -1.37. The number of halogens is 5. The molecule has 0 atom stereocenters. The van der Waals surface area contributed by atoms with E-state index in [2.05, 4.69) is 7.85 Å². The molecule has 13 heavy (non-hydrogen) atoms. The van der Waals surface area contributed by atoms with Crippen molar-refractivity contribution in [3.8, 4) is 0 Å². The third kappa shape index (κ3) is 1.81. The van der Waals surface area contributed by atoms with E-state index in [0.29, 0.717) is 12.1 Å². The lowest BCUT2D eigenvalue weighted by molar-refractivity contribution is 0.0884. The Morgan fingerprint density at radius 2 is 1.54 bits per heavy atom. The molecule has 0 amide bonds. The Labute approximate surface area is 71.8 Å². The molecule has 1 aromatic carbocycles. The van der Waals surface area contributed by atoms with Crippen molar-refractivity contribution in [2.24, 2.45) is 0 Å². The second-order valence-corrected chi connectivity index (χ2v) is 2.35. The maximum atomic E-state index is 12.6. The first-order valence-corrected chi connectivity index (χ1v) is 3.14. The van der Waals surface area contributed by atoms with Crippen LogP contribution in [0.1, 0.15) is 5.56 Å². The average molecular weight is 192 g/mol. The maximum absolute atomic E-state index is 12.6. The molecule has 68 valence electrons. The van der Waals surface area contributed by atoms with Gasteiger partial charge in [-0.15, -0.1) is 0 Å². The topological polar surface area (TPSA) is 0 Å². The van der Waals surface area contributed by atoms with Gasteiger partial charge >= 0.3 is 0 Å². The Bertz CT molecular complexity index is 330. The normalized spacial score (nSPS) is 11.8.